The molecule has 0 spiro atoms. The van der Waals surface area contributed by atoms with E-state index in [1.54, 1.807) is 0 Å². The van der Waals surface area contributed by atoms with E-state index in [1.165, 1.54) is 36.1 Å². The molecule has 3 aromatic rings. The van der Waals surface area contributed by atoms with Gasteiger partial charge in [-0.25, -0.2) is 4.39 Å². The molecule has 3 rings (SSSR count). The number of rotatable bonds is 6. The van der Waals surface area contributed by atoms with Gasteiger partial charge in [-0.15, -0.1) is 23.4 Å². The highest BCUT2D eigenvalue weighted by Gasteiger charge is 2.38. The van der Waals surface area contributed by atoms with Crippen molar-refractivity contribution >= 4 is 5.69 Å². The Balaban J connectivity index is 1.80. The van der Waals surface area contributed by atoms with Crippen LogP contribution in [0.15, 0.2) is 46.9 Å². The van der Waals surface area contributed by atoms with Crippen LogP contribution in [0.4, 0.5) is 36.4 Å². The molecular weight excluding hydrogens is 451 g/mol. The molecule has 6 nitrogen and oxygen atoms in total. The van der Waals surface area contributed by atoms with E-state index in [9.17, 15) is 35.8 Å². The number of aliphatic hydroxyl groups is 1. The summed E-state index contributed by atoms with van der Waals surface area (Å²) in [5.41, 5.74) is 0.219. The molecule has 0 saturated heterocycles. The third-order valence-corrected chi connectivity index (χ3v) is 4.16. The molecule has 0 bridgehead atoms. The van der Waals surface area contributed by atoms with Crippen LogP contribution >= 0.6 is 0 Å². The normalized spacial score (nSPS) is 13.2. The number of aliphatic hydroxyl groups excluding tert-OH is 1. The lowest BCUT2D eigenvalue weighted by atomic mass is 10.1. The summed E-state index contributed by atoms with van der Waals surface area (Å²) in [6.07, 6.45) is -10.9. The van der Waals surface area contributed by atoms with E-state index in [2.05, 4.69) is 19.4 Å². The van der Waals surface area contributed by atoms with Crippen LogP contribution in [0.25, 0.3) is 11.5 Å². The molecule has 32 heavy (non-hydrogen) atoms. The average molecular weight is 465 g/mol. The molecular formula is C19H14F7N3O3. The lowest BCUT2D eigenvalue weighted by Crippen LogP contribution is -2.32. The number of benzene rings is 2. The number of halogens is 7. The fraction of sp³-hybridized carbons (Fsp3) is 0.263. The van der Waals surface area contributed by atoms with Gasteiger partial charge < -0.3 is 19.2 Å². The second kappa shape index (κ2) is 8.65. The molecule has 2 aromatic carbocycles. The van der Waals surface area contributed by atoms with Crippen LogP contribution in [0.3, 0.4) is 0 Å². The zero-order chi connectivity index (χ0) is 23.7. The van der Waals surface area contributed by atoms with Crippen LogP contribution in [0.2, 0.25) is 0 Å². The summed E-state index contributed by atoms with van der Waals surface area (Å²) in [6, 6.07) is 7.96. The molecule has 13 heteroatoms. The topological polar surface area (TPSA) is 71.6 Å². The predicted molar refractivity (Wildman–Crippen MR) is 95.7 cm³/mol. The fourth-order valence-electron chi connectivity index (χ4n) is 2.72. The molecule has 0 fully saturated rings. The van der Waals surface area contributed by atoms with Crippen molar-refractivity contribution in [2.75, 3.05) is 4.90 Å². The Hall–Kier alpha value is -3.35. The first-order valence-corrected chi connectivity index (χ1v) is 8.83. The third-order valence-electron chi connectivity index (χ3n) is 4.16. The van der Waals surface area contributed by atoms with Crippen molar-refractivity contribution in [1.29, 1.82) is 0 Å². The van der Waals surface area contributed by atoms with Gasteiger partial charge in [0.05, 0.1) is 0 Å². The van der Waals surface area contributed by atoms with Crippen LogP contribution in [0.5, 0.6) is 5.75 Å². The predicted octanol–water partition coefficient (Wildman–Crippen LogP) is 5.14. The van der Waals surface area contributed by atoms with E-state index < -0.39 is 42.1 Å². The van der Waals surface area contributed by atoms with Crippen molar-refractivity contribution in [3.05, 3.63) is 59.7 Å². The van der Waals surface area contributed by atoms with Gasteiger partial charge in [-0.3, -0.25) is 0 Å². The van der Waals surface area contributed by atoms with Crippen molar-refractivity contribution in [2.45, 2.75) is 32.2 Å². The molecule has 0 aliphatic rings. The standard InChI is InChI=1S/C19H14F7N3O3/c1-10(30)29(13-4-6-14(7-5-13)32-19(24,25)26)9-12-3-2-11(8-15(12)20)16-27-28-17(31-16)18(21,22)23/h2-8,10,30H,9H2,1H3. The first-order chi connectivity index (χ1) is 14.8. The zero-order valence-corrected chi connectivity index (χ0v) is 16.1. The van der Waals surface area contributed by atoms with Crippen LogP contribution in [-0.4, -0.2) is 27.9 Å². The van der Waals surface area contributed by atoms with Crippen molar-refractivity contribution in [3.63, 3.8) is 0 Å². The van der Waals surface area contributed by atoms with Gasteiger partial charge in [0, 0.05) is 23.4 Å². The zero-order valence-electron chi connectivity index (χ0n) is 16.1. The van der Waals surface area contributed by atoms with Gasteiger partial charge in [0.25, 0.3) is 0 Å². The third kappa shape index (κ3) is 5.66. The Kier molecular flexibility index (Phi) is 6.30. The first-order valence-electron chi connectivity index (χ1n) is 8.83. The second-order valence-corrected chi connectivity index (χ2v) is 6.52. The molecule has 0 aliphatic heterocycles. The Morgan fingerprint density at radius 3 is 2.19 bits per heavy atom. The molecule has 0 radical (unpaired) electrons. The quantitative estimate of drug-likeness (QED) is 0.402. The summed E-state index contributed by atoms with van der Waals surface area (Å²) >= 11 is 0. The molecule has 1 aromatic heterocycles. The fourth-order valence-corrected chi connectivity index (χ4v) is 2.72. The number of nitrogens with zero attached hydrogens (tertiary/aromatic N) is 3. The van der Waals surface area contributed by atoms with Crippen molar-refractivity contribution < 1.29 is 45.0 Å². The largest absolute Gasteiger partial charge is 0.573 e. The minimum atomic E-state index is -4.87. The molecule has 0 amide bonds. The van der Waals surface area contributed by atoms with Gasteiger partial charge in [0.1, 0.15) is 17.8 Å². The van der Waals surface area contributed by atoms with Gasteiger partial charge in [0.2, 0.25) is 5.89 Å². The van der Waals surface area contributed by atoms with Crippen molar-refractivity contribution in [3.8, 4) is 17.2 Å². The van der Waals surface area contributed by atoms with Gasteiger partial charge in [-0.2, -0.15) is 13.2 Å². The maximum Gasteiger partial charge on any atom is 0.573 e. The Labute approximate surface area is 175 Å². The molecule has 0 aliphatic carbocycles. The van der Waals surface area contributed by atoms with Crippen LogP contribution in [0, 0.1) is 5.82 Å². The van der Waals surface area contributed by atoms with Gasteiger partial charge >= 0.3 is 18.4 Å². The SMILES string of the molecule is CC(O)N(Cc1ccc(-c2nnc(C(F)(F)F)o2)cc1F)c1ccc(OC(F)(F)F)cc1. The molecule has 1 heterocycles. The Morgan fingerprint density at radius 1 is 1.03 bits per heavy atom. The van der Waals surface area contributed by atoms with Crippen LogP contribution in [0.1, 0.15) is 18.4 Å². The maximum atomic E-state index is 14.6. The summed E-state index contributed by atoms with van der Waals surface area (Å²) in [6.45, 7) is 1.16. The second-order valence-electron chi connectivity index (χ2n) is 6.52. The van der Waals surface area contributed by atoms with E-state index in [0.29, 0.717) is 0 Å². The molecule has 1 unspecified atom stereocenters. The summed E-state index contributed by atoms with van der Waals surface area (Å²) in [5, 5.41) is 16.2. The lowest BCUT2D eigenvalue weighted by molar-refractivity contribution is -0.274. The highest BCUT2D eigenvalue weighted by Crippen LogP contribution is 2.31. The van der Waals surface area contributed by atoms with Gasteiger partial charge in [-0.1, -0.05) is 6.07 Å². The first kappa shape index (κ1) is 23.3. The Morgan fingerprint density at radius 2 is 1.69 bits per heavy atom. The van der Waals surface area contributed by atoms with Gasteiger partial charge in [0.15, 0.2) is 0 Å². The highest BCUT2D eigenvalue weighted by molar-refractivity contribution is 5.55. The number of hydrogen-bond donors (Lipinski definition) is 1. The number of ether oxygens (including phenoxy) is 1. The van der Waals surface area contributed by atoms with Crippen molar-refractivity contribution in [2.24, 2.45) is 0 Å². The van der Waals surface area contributed by atoms with E-state index in [-0.39, 0.29) is 23.4 Å². The summed E-state index contributed by atoms with van der Waals surface area (Å²) in [7, 11) is 0. The minimum Gasteiger partial charge on any atom is -0.413 e. The van der Waals surface area contributed by atoms with Gasteiger partial charge in [-0.05, 0) is 43.3 Å². The Bertz CT molecular complexity index is 1060. The summed E-state index contributed by atoms with van der Waals surface area (Å²) < 4.78 is 97.5. The van der Waals surface area contributed by atoms with E-state index in [0.717, 1.165) is 18.2 Å². The molecule has 172 valence electrons. The summed E-state index contributed by atoms with van der Waals surface area (Å²) in [5.74, 6) is -3.41. The average Bonchev–Trinajstić information content (AvgIpc) is 3.17. The van der Waals surface area contributed by atoms with E-state index >= 15 is 0 Å². The monoisotopic (exact) mass is 465 g/mol. The smallest absolute Gasteiger partial charge is 0.413 e. The lowest BCUT2D eigenvalue weighted by Gasteiger charge is -2.28. The number of hydrogen-bond acceptors (Lipinski definition) is 6. The molecule has 0 saturated carbocycles. The number of anilines is 1. The molecule has 1 N–H and O–H groups in total. The molecule has 1 atom stereocenters. The van der Waals surface area contributed by atoms with Crippen LogP contribution in [-0.2, 0) is 12.7 Å². The number of aromatic nitrogens is 2. The van der Waals surface area contributed by atoms with Crippen LogP contribution < -0.4 is 9.64 Å². The van der Waals surface area contributed by atoms with E-state index in [4.69, 9.17) is 0 Å². The number of alkyl halides is 6. The van der Waals surface area contributed by atoms with E-state index in [1.807, 2.05) is 0 Å². The minimum absolute atomic E-state index is 0.0424. The maximum absolute atomic E-state index is 14.6. The van der Waals surface area contributed by atoms with Crippen molar-refractivity contribution in [1.82, 2.24) is 10.2 Å². The highest BCUT2D eigenvalue weighted by atomic mass is 19.4. The summed E-state index contributed by atoms with van der Waals surface area (Å²) in [4.78, 5) is 1.28.